The predicted octanol–water partition coefficient (Wildman–Crippen LogP) is 1.15. The molecule has 1 rings (SSSR count). The van der Waals surface area contributed by atoms with Crippen molar-refractivity contribution in [1.82, 2.24) is 4.72 Å². The van der Waals surface area contributed by atoms with Crippen LogP contribution in [0.5, 0.6) is 0 Å². The number of aliphatic carboxylic acids is 1. The van der Waals surface area contributed by atoms with Gasteiger partial charge in [0.2, 0.25) is 10.0 Å². The van der Waals surface area contributed by atoms with Gasteiger partial charge in [0.1, 0.15) is 6.54 Å². The van der Waals surface area contributed by atoms with Crippen molar-refractivity contribution in [2.24, 2.45) is 0 Å². The molecule has 0 heterocycles. The molecule has 0 aliphatic heterocycles. The van der Waals surface area contributed by atoms with Gasteiger partial charge in [-0.3, -0.25) is 4.79 Å². The highest BCUT2D eigenvalue weighted by molar-refractivity contribution is 7.89. The van der Waals surface area contributed by atoms with Crippen LogP contribution in [0.4, 0.5) is 13.2 Å². The number of nitrogens with one attached hydrogen (secondary N) is 1. The molecule has 0 saturated heterocycles. The van der Waals surface area contributed by atoms with Crippen LogP contribution in [0.2, 0.25) is 0 Å². The molecule has 0 saturated carbocycles. The summed E-state index contributed by atoms with van der Waals surface area (Å²) in [5.41, 5.74) is -0.0790. The average Bonchev–Trinajstić information content (AvgIpc) is 2.25. The summed E-state index contributed by atoms with van der Waals surface area (Å²) in [6, 6.07) is 4.04. The summed E-state index contributed by atoms with van der Waals surface area (Å²) in [7, 11) is -4.03. The van der Waals surface area contributed by atoms with Crippen LogP contribution in [-0.4, -0.2) is 32.2 Å². The SMILES string of the molecule is O=C(O)CNS(=O)(=O)c1ccc(CC(F)(F)F)cc1. The first kappa shape index (κ1) is 15.4. The third kappa shape index (κ3) is 5.26. The number of alkyl halides is 3. The van der Waals surface area contributed by atoms with Crippen LogP contribution < -0.4 is 4.72 Å². The van der Waals surface area contributed by atoms with Crippen molar-refractivity contribution in [2.75, 3.05) is 6.54 Å². The van der Waals surface area contributed by atoms with E-state index >= 15 is 0 Å². The molecule has 19 heavy (non-hydrogen) atoms. The number of hydrogen-bond acceptors (Lipinski definition) is 3. The van der Waals surface area contributed by atoms with E-state index in [1.54, 1.807) is 4.72 Å². The minimum Gasteiger partial charge on any atom is -0.480 e. The Hall–Kier alpha value is -1.61. The standard InChI is InChI=1S/C10H10F3NO4S/c11-10(12,13)5-7-1-3-8(4-2-7)19(17,18)14-6-9(15)16/h1-4,14H,5-6H2,(H,15,16). The fourth-order valence-corrected chi connectivity index (χ4v) is 2.23. The second-order valence-electron chi connectivity index (χ2n) is 3.65. The summed E-state index contributed by atoms with van der Waals surface area (Å²) in [6.45, 7) is -0.799. The van der Waals surface area contributed by atoms with Gasteiger partial charge in [0.15, 0.2) is 0 Å². The van der Waals surface area contributed by atoms with Gasteiger partial charge in [-0.25, -0.2) is 8.42 Å². The van der Waals surface area contributed by atoms with E-state index in [1.165, 1.54) is 0 Å². The van der Waals surface area contributed by atoms with Crippen LogP contribution >= 0.6 is 0 Å². The topological polar surface area (TPSA) is 83.5 Å². The second kappa shape index (κ2) is 5.57. The Morgan fingerprint density at radius 2 is 1.74 bits per heavy atom. The molecule has 1 aromatic carbocycles. The molecule has 0 atom stereocenters. The minimum absolute atomic E-state index is 0.0790. The molecule has 0 radical (unpaired) electrons. The highest BCUT2D eigenvalue weighted by Gasteiger charge is 2.27. The predicted molar refractivity (Wildman–Crippen MR) is 59.0 cm³/mol. The van der Waals surface area contributed by atoms with Crippen LogP contribution in [0.3, 0.4) is 0 Å². The third-order valence-electron chi connectivity index (χ3n) is 2.05. The van der Waals surface area contributed by atoms with Gasteiger partial charge >= 0.3 is 12.1 Å². The first-order valence-corrected chi connectivity index (χ1v) is 6.46. The molecule has 0 fully saturated rings. The van der Waals surface area contributed by atoms with Gasteiger partial charge in [0.05, 0.1) is 11.3 Å². The average molecular weight is 297 g/mol. The fraction of sp³-hybridized carbons (Fsp3) is 0.300. The molecule has 0 aliphatic carbocycles. The van der Waals surface area contributed by atoms with E-state index in [1.807, 2.05) is 0 Å². The first-order chi connectivity index (χ1) is 8.60. The summed E-state index contributed by atoms with van der Waals surface area (Å²) < 4.78 is 61.1. The number of rotatable bonds is 5. The van der Waals surface area contributed by atoms with Gasteiger partial charge < -0.3 is 5.11 Å². The van der Waals surface area contributed by atoms with E-state index in [2.05, 4.69) is 0 Å². The van der Waals surface area contributed by atoms with Gasteiger partial charge in [-0.2, -0.15) is 17.9 Å². The van der Waals surface area contributed by atoms with Crippen LogP contribution in [0.25, 0.3) is 0 Å². The van der Waals surface area contributed by atoms with E-state index in [-0.39, 0.29) is 10.5 Å². The lowest BCUT2D eigenvalue weighted by molar-refractivity contribution is -0.135. The number of carboxylic acids is 1. The first-order valence-electron chi connectivity index (χ1n) is 4.97. The zero-order chi connectivity index (χ0) is 14.7. The van der Waals surface area contributed by atoms with Crippen LogP contribution in [0.1, 0.15) is 5.56 Å². The lowest BCUT2D eigenvalue weighted by Gasteiger charge is -2.08. The Labute approximate surface area is 107 Å². The minimum atomic E-state index is -4.37. The number of carbonyl (C=O) groups is 1. The molecule has 0 bridgehead atoms. The van der Waals surface area contributed by atoms with Crippen molar-refractivity contribution in [2.45, 2.75) is 17.5 Å². The molecule has 5 nitrogen and oxygen atoms in total. The smallest absolute Gasteiger partial charge is 0.393 e. The molecule has 0 amide bonds. The number of hydrogen-bond donors (Lipinski definition) is 2. The lowest BCUT2D eigenvalue weighted by Crippen LogP contribution is -2.29. The summed E-state index contributed by atoms with van der Waals surface area (Å²) >= 11 is 0. The Morgan fingerprint density at radius 3 is 2.16 bits per heavy atom. The Morgan fingerprint density at radius 1 is 1.21 bits per heavy atom. The Kier molecular flexibility index (Phi) is 4.53. The summed E-state index contributed by atoms with van der Waals surface area (Å²) in [5, 5.41) is 8.34. The molecule has 9 heteroatoms. The quantitative estimate of drug-likeness (QED) is 0.854. The van der Waals surface area contributed by atoms with E-state index in [9.17, 15) is 26.4 Å². The molecular formula is C10H10F3NO4S. The van der Waals surface area contributed by atoms with Gasteiger partial charge in [-0.1, -0.05) is 12.1 Å². The monoisotopic (exact) mass is 297 g/mol. The number of halogens is 3. The molecule has 0 aliphatic rings. The fourth-order valence-electron chi connectivity index (χ4n) is 1.26. The normalized spacial score (nSPS) is 12.4. The maximum Gasteiger partial charge on any atom is 0.393 e. The van der Waals surface area contributed by atoms with Crippen molar-refractivity contribution in [3.63, 3.8) is 0 Å². The zero-order valence-corrected chi connectivity index (χ0v) is 10.3. The Bertz CT molecular complexity index is 551. The number of carboxylic acid groups (broad SMARTS) is 1. The van der Waals surface area contributed by atoms with Gasteiger partial charge in [-0.15, -0.1) is 0 Å². The highest BCUT2D eigenvalue weighted by Crippen LogP contribution is 2.22. The van der Waals surface area contributed by atoms with Gasteiger partial charge in [0, 0.05) is 0 Å². The van der Waals surface area contributed by atoms with E-state index in [4.69, 9.17) is 5.11 Å². The van der Waals surface area contributed by atoms with Crippen LogP contribution in [-0.2, 0) is 21.2 Å². The highest BCUT2D eigenvalue weighted by atomic mass is 32.2. The number of sulfonamides is 1. The molecule has 106 valence electrons. The molecule has 0 spiro atoms. The van der Waals surface area contributed by atoms with E-state index < -0.39 is 35.1 Å². The maximum absolute atomic E-state index is 12.1. The van der Waals surface area contributed by atoms with Crippen molar-refractivity contribution < 1.29 is 31.5 Å². The van der Waals surface area contributed by atoms with Crippen molar-refractivity contribution >= 4 is 16.0 Å². The van der Waals surface area contributed by atoms with Crippen molar-refractivity contribution in [1.29, 1.82) is 0 Å². The third-order valence-corrected chi connectivity index (χ3v) is 3.47. The maximum atomic E-state index is 12.1. The van der Waals surface area contributed by atoms with Crippen LogP contribution in [0, 0.1) is 0 Å². The largest absolute Gasteiger partial charge is 0.480 e. The van der Waals surface area contributed by atoms with Gasteiger partial charge in [0.25, 0.3) is 0 Å². The second-order valence-corrected chi connectivity index (χ2v) is 5.42. The molecule has 0 aromatic heterocycles. The molecular weight excluding hydrogens is 287 g/mol. The summed E-state index contributed by atoms with van der Waals surface area (Å²) in [6.07, 6.45) is -5.53. The summed E-state index contributed by atoms with van der Waals surface area (Å²) in [5.74, 6) is -1.36. The number of benzene rings is 1. The van der Waals surface area contributed by atoms with Crippen molar-refractivity contribution in [3.8, 4) is 0 Å². The summed E-state index contributed by atoms with van der Waals surface area (Å²) in [4.78, 5) is 9.94. The van der Waals surface area contributed by atoms with E-state index in [0.29, 0.717) is 0 Å². The molecule has 2 N–H and O–H groups in total. The van der Waals surface area contributed by atoms with Crippen molar-refractivity contribution in [3.05, 3.63) is 29.8 Å². The van der Waals surface area contributed by atoms with Crippen LogP contribution in [0.15, 0.2) is 29.2 Å². The van der Waals surface area contributed by atoms with Gasteiger partial charge in [-0.05, 0) is 17.7 Å². The van der Waals surface area contributed by atoms with E-state index in [0.717, 1.165) is 24.3 Å². The lowest BCUT2D eigenvalue weighted by atomic mass is 10.1. The zero-order valence-electron chi connectivity index (χ0n) is 9.44. The Balaban J connectivity index is 2.84. The molecule has 0 unspecified atom stereocenters. The molecule has 1 aromatic rings.